The van der Waals surface area contributed by atoms with Crippen LogP contribution in [0, 0.1) is 11.8 Å². The summed E-state index contributed by atoms with van der Waals surface area (Å²) in [5.74, 6) is -0.315. The molecule has 1 fully saturated rings. The van der Waals surface area contributed by atoms with Crippen LogP contribution >= 0.6 is 0 Å². The summed E-state index contributed by atoms with van der Waals surface area (Å²) < 4.78 is 41.5. The van der Waals surface area contributed by atoms with E-state index in [-0.39, 0.29) is 17.9 Å². The van der Waals surface area contributed by atoms with Gasteiger partial charge in [-0.15, -0.1) is 0 Å². The van der Waals surface area contributed by atoms with Crippen LogP contribution < -0.4 is 5.32 Å². The summed E-state index contributed by atoms with van der Waals surface area (Å²) in [6.07, 6.45) is -3.85. The van der Waals surface area contributed by atoms with Gasteiger partial charge in [0.05, 0.1) is 19.6 Å². The number of alkyl halides is 3. The molecule has 0 saturated carbocycles. The molecular weight excluding hydrogens is 273 g/mol. The van der Waals surface area contributed by atoms with Crippen molar-refractivity contribution in [3.63, 3.8) is 0 Å². The molecule has 20 heavy (non-hydrogen) atoms. The van der Waals surface area contributed by atoms with E-state index < -0.39 is 12.7 Å². The molecule has 2 atom stereocenters. The zero-order valence-corrected chi connectivity index (χ0v) is 12.2. The Balaban J connectivity index is 2.61. The largest absolute Gasteiger partial charge is 0.469 e. The molecule has 2 unspecified atom stereocenters. The average Bonchev–Trinajstić information content (AvgIpc) is 2.33. The number of nitrogens with zero attached hydrogens (tertiary/aromatic N) is 1. The third-order valence-electron chi connectivity index (χ3n) is 3.28. The Hall–Kier alpha value is -0.820. The number of halogens is 3. The van der Waals surface area contributed by atoms with Gasteiger partial charge in [0.25, 0.3) is 0 Å². The second-order valence-corrected chi connectivity index (χ2v) is 5.76. The van der Waals surface area contributed by atoms with Crippen LogP contribution in [0.4, 0.5) is 13.2 Å². The Morgan fingerprint density at radius 1 is 1.40 bits per heavy atom. The number of methoxy groups -OCH3 is 1. The van der Waals surface area contributed by atoms with E-state index in [9.17, 15) is 18.0 Å². The first-order valence-electron chi connectivity index (χ1n) is 6.81. The van der Waals surface area contributed by atoms with E-state index in [2.05, 4.69) is 5.32 Å². The number of carbonyl (C=O) groups excluding carboxylic acids is 1. The van der Waals surface area contributed by atoms with Gasteiger partial charge in [-0.05, 0) is 12.3 Å². The predicted octanol–water partition coefficient (Wildman–Crippen LogP) is 1.66. The molecule has 1 heterocycles. The Morgan fingerprint density at radius 3 is 2.55 bits per heavy atom. The van der Waals surface area contributed by atoms with Crippen molar-refractivity contribution in [2.24, 2.45) is 11.8 Å². The minimum atomic E-state index is -4.24. The molecule has 0 aromatic carbocycles. The minimum Gasteiger partial charge on any atom is -0.469 e. The van der Waals surface area contributed by atoms with E-state index in [1.807, 2.05) is 18.7 Å². The van der Waals surface area contributed by atoms with Gasteiger partial charge in [-0.3, -0.25) is 4.79 Å². The molecule has 0 bridgehead atoms. The first-order valence-corrected chi connectivity index (χ1v) is 6.81. The summed E-state index contributed by atoms with van der Waals surface area (Å²) in [5.41, 5.74) is 0. The molecule has 0 radical (unpaired) electrons. The number of ether oxygens (including phenoxy) is 1. The lowest BCUT2D eigenvalue weighted by Crippen LogP contribution is -2.53. The molecule has 7 heteroatoms. The Labute approximate surface area is 117 Å². The molecule has 118 valence electrons. The van der Waals surface area contributed by atoms with Crippen molar-refractivity contribution >= 4 is 5.97 Å². The number of likely N-dealkylation sites (tertiary alicyclic amines) is 1. The first-order chi connectivity index (χ1) is 9.21. The van der Waals surface area contributed by atoms with Gasteiger partial charge in [0, 0.05) is 25.7 Å². The van der Waals surface area contributed by atoms with Crippen molar-refractivity contribution in [2.75, 3.05) is 33.3 Å². The lowest BCUT2D eigenvalue weighted by atomic mass is 9.93. The molecule has 0 aliphatic carbocycles. The number of piperidine rings is 1. The van der Waals surface area contributed by atoms with E-state index in [1.165, 1.54) is 7.11 Å². The SMILES string of the molecule is COC(=O)C1CC(NCC(F)(F)F)CN(CC(C)C)C1. The number of hydrogen-bond donors (Lipinski definition) is 1. The highest BCUT2D eigenvalue weighted by molar-refractivity contribution is 5.72. The summed E-state index contributed by atoms with van der Waals surface area (Å²) in [5, 5.41) is 2.50. The number of rotatable bonds is 5. The van der Waals surface area contributed by atoms with Crippen molar-refractivity contribution in [1.29, 1.82) is 0 Å². The highest BCUT2D eigenvalue weighted by Gasteiger charge is 2.35. The highest BCUT2D eigenvalue weighted by Crippen LogP contribution is 2.21. The maximum absolute atomic E-state index is 12.3. The average molecular weight is 296 g/mol. The van der Waals surface area contributed by atoms with E-state index in [4.69, 9.17) is 4.74 Å². The molecule has 0 aromatic rings. The predicted molar refractivity (Wildman–Crippen MR) is 69.2 cm³/mol. The summed E-state index contributed by atoms with van der Waals surface area (Å²) in [4.78, 5) is 13.7. The molecular formula is C13H23F3N2O2. The van der Waals surface area contributed by atoms with Crippen molar-refractivity contribution in [3.05, 3.63) is 0 Å². The number of carbonyl (C=O) groups is 1. The molecule has 1 aliphatic rings. The van der Waals surface area contributed by atoms with Crippen molar-refractivity contribution in [2.45, 2.75) is 32.5 Å². The zero-order chi connectivity index (χ0) is 15.3. The van der Waals surface area contributed by atoms with E-state index in [0.29, 0.717) is 25.4 Å². The number of nitrogens with one attached hydrogen (secondary N) is 1. The van der Waals surface area contributed by atoms with Gasteiger partial charge < -0.3 is 15.0 Å². The fourth-order valence-corrected chi connectivity index (χ4v) is 2.60. The molecule has 0 aromatic heterocycles. The van der Waals surface area contributed by atoms with E-state index >= 15 is 0 Å². The van der Waals surface area contributed by atoms with Gasteiger partial charge in [-0.2, -0.15) is 13.2 Å². The van der Waals surface area contributed by atoms with Gasteiger partial charge in [-0.25, -0.2) is 0 Å². The van der Waals surface area contributed by atoms with Gasteiger partial charge in [0.2, 0.25) is 0 Å². The molecule has 1 rings (SSSR count). The molecule has 4 nitrogen and oxygen atoms in total. The van der Waals surface area contributed by atoms with Crippen LogP contribution in [0.15, 0.2) is 0 Å². The summed E-state index contributed by atoms with van der Waals surface area (Å²) in [6, 6.07) is -0.340. The van der Waals surface area contributed by atoms with Crippen LogP contribution in [0.3, 0.4) is 0 Å². The fraction of sp³-hybridized carbons (Fsp3) is 0.923. The summed E-state index contributed by atoms with van der Waals surface area (Å²) in [6.45, 7) is 4.90. The van der Waals surface area contributed by atoms with Gasteiger partial charge >= 0.3 is 12.1 Å². The maximum Gasteiger partial charge on any atom is 0.401 e. The van der Waals surface area contributed by atoms with Crippen LogP contribution in [0.5, 0.6) is 0 Å². The third kappa shape index (κ3) is 6.09. The van der Waals surface area contributed by atoms with E-state index in [0.717, 1.165) is 6.54 Å². The maximum atomic E-state index is 12.3. The number of hydrogen-bond acceptors (Lipinski definition) is 4. The quantitative estimate of drug-likeness (QED) is 0.784. The first kappa shape index (κ1) is 17.2. The van der Waals surface area contributed by atoms with Gasteiger partial charge in [-0.1, -0.05) is 13.8 Å². The lowest BCUT2D eigenvalue weighted by Gasteiger charge is -2.38. The summed E-state index contributed by atoms with van der Waals surface area (Å²) in [7, 11) is 1.31. The fourth-order valence-electron chi connectivity index (χ4n) is 2.60. The van der Waals surface area contributed by atoms with Crippen LogP contribution in [0.25, 0.3) is 0 Å². The lowest BCUT2D eigenvalue weighted by molar-refractivity contribution is -0.148. The number of esters is 1. The summed E-state index contributed by atoms with van der Waals surface area (Å²) >= 11 is 0. The molecule has 1 aliphatic heterocycles. The van der Waals surface area contributed by atoms with Crippen LogP contribution in [-0.4, -0.2) is 56.4 Å². The van der Waals surface area contributed by atoms with Crippen LogP contribution in [0.1, 0.15) is 20.3 Å². The zero-order valence-electron chi connectivity index (χ0n) is 12.2. The molecule has 0 amide bonds. The second-order valence-electron chi connectivity index (χ2n) is 5.76. The molecule has 0 spiro atoms. The topological polar surface area (TPSA) is 41.6 Å². The van der Waals surface area contributed by atoms with Gasteiger partial charge in [0.15, 0.2) is 0 Å². The van der Waals surface area contributed by atoms with E-state index in [1.54, 1.807) is 0 Å². The smallest absolute Gasteiger partial charge is 0.401 e. The highest BCUT2D eigenvalue weighted by atomic mass is 19.4. The minimum absolute atomic E-state index is 0.340. The standard InChI is InChI=1S/C13H23F3N2O2/c1-9(2)5-18-6-10(12(19)20-3)4-11(7-18)17-8-13(14,15)16/h9-11,17H,4-8H2,1-3H3. The monoisotopic (exact) mass is 296 g/mol. The Kier molecular flexibility index (Phi) is 6.26. The van der Waals surface area contributed by atoms with Crippen molar-refractivity contribution < 1.29 is 22.7 Å². The molecule has 1 saturated heterocycles. The Morgan fingerprint density at radius 2 is 2.05 bits per heavy atom. The van der Waals surface area contributed by atoms with Crippen LogP contribution in [0.2, 0.25) is 0 Å². The van der Waals surface area contributed by atoms with Gasteiger partial charge in [0.1, 0.15) is 0 Å². The Bertz CT molecular complexity index is 321. The molecule has 1 N–H and O–H groups in total. The normalized spacial score (nSPS) is 24.9. The second kappa shape index (κ2) is 7.26. The van der Waals surface area contributed by atoms with Crippen molar-refractivity contribution in [1.82, 2.24) is 10.2 Å². The third-order valence-corrected chi connectivity index (χ3v) is 3.28. The van der Waals surface area contributed by atoms with Crippen molar-refractivity contribution in [3.8, 4) is 0 Å². The van der Waals surface area contributed by atoms with Crippen LogP contribution in [-0.2, 0) is 9.53 Å².